The number of benzene rings is 2. The van der Waals surface area contributed by atoms with Crippen LogP contribution in [0.25, 0.3) is 0 Å². The third-order valence-electron chi connectivity index (χ3n) is 6.25. The van der Waals surface area contributed by atoms with Crippen LogP contribution in [0.3, 0.4) is 0 Å². The molecule has 2 aromatic carbocycles. The molecule has 0 aromatic heterocycles. The SMILES string of the molecule is NCc1cccc(C2CCN(C(=O)c3ccc4c(c3)CNC(B(O)O)C4)CC2)c1. The van der Waals surface area contributed by atoms with Gasteiger partial charge in [-0.3, -0.25) is 4.79 Å². The zero-order chi connectivity index (χ0) is 20.4. The summed E-state index contributed by atoms with van der Waals surface area (Å²) in [5.41, 5.74) is 11.1. The molecule has 0 aliphatic carbocycles. The first-order valence-corrected chi connectivity index (χ1v) is 10.3. The first-order chi connectivity index (χ1) is 14.0. The predicted octanol–water partition coefficient (Wildman–Crippen LogP) is 1.19. The zero-order valence-electron chi connectivity index (χ0n) is 16.6. The smallest absolute Gasteiger partial charge is 0.426 e. The van der Waals surface area contributed by atoms with Crippen LogP contribution in [0, 0.1) is 0 Å². The highest BCUT2D eigenvalue weighted by molar-refractivity contribution is 6.43. The third kappa shape index (κ3) is 4.38. The second-order valence-corrected chi connectivity index (χ2v) is 8.10. The molecule has 0 saturated carbocycles. The van der Waals surface area contributed by atoms with Gasteiger partial charge in [-0.2, -0.15) is 0 Å². The van der Waals surface area contributed by atoms with E-state index >= 15 is 0 Å². The average molecular weight is 393 g/mol. The number of amides is 1. The highest BCUT2D eigenvalue weighted by atomic mass is 16.4. The Bertz CT molecular complexity index is 881. The number of carbonyl (C=O) groups excluding carboxylic acids is 1. The molecule has 2 aliphatic rings. The molecular weight excluding hydrogens is 365 g/mol. The average Bonchev–Trinajstić information content (AvgIpc) is 2.78. The standard InChI is InChI=1S/C22H28BN3O3/c24-13-15-2-1-3-17(10-15)16-6-8-26(9-7-16)22(27)19-5-4-18-12-21(23(28)29)25-14-20(18)11-19/h1-5,10-11,16,21,25,28-29H,6-9,12-14,24H2. The van der Waals surface area contributed by atoms with Gasteiger partial charge < -0.3 is 26.0 Å². The van der Waals surface area contributed by atoms with Gasteiger partial charge in [-0.05, 0) is 59.6 Å². The minimum Gasteiger partial charge on any atom is -0.426 e. The van der Waals surface area contributed by atoms with E-state index in [-0.39, 0.29) is 11.8 Å². The van der Waals surface area contributed by atoms with Gasteiger partial charge in [0.05, 0.1) is 0 Å². The topological polar surface area (TPSA) is 98.8 Å². The minimum absolute atomic E-state index is 0.0753. The number of fused-ring (bicyclic) bond motifs is 1. The van der Waals surface area contributed by atoms with Crippen LogP contribution in [0.4, 0.5) is 0 Å². The van der Waals surface area contributed by atoms with Gasteiger partial charge in [0.2, 0.25) is 0 Å². The van der Waals surface area contributed by atoms with Gasteiger partial charge in [0.15, 0.2) is 0 Å². The number of likely N-dealkylation sites (tertiary alicyclic amines) is 1. The summed E-state index contributed by atoms with van der Waals surface area (Å²) in [4.78, 5) is 15.0. The number of hydrogen-bond donors (Lipinski definition) is 4. The summed E-state index contributed by atoms with van der Waals surface area (Å²) in [6.07, 6.45) is 2.47. The molecule has 0 spiro atoms. The van der Waals surface area contributed by atoms with E-state index in [1.807, 2.05) is 23.1 Å². The summed E-state index contributed by atoms with van der Waals surface area (Å²) in [5.74, 6) is 0.187. The molecule has 1 amide bonds. The zero-order valence-corrected chi connectivity index (χ0v) is 16.6. The Labute approximate surface area is 171 Å². The molecule has 1 unspecified atom stereocenters. The Morgan fingerprint density at radius 3 is 2.66 bits per heavy atom. The van der Waals surface area contributed by atoms with Crippen LogP contribution in [0.5, 0.6) is 0 Å². The molecule has 1 atom stereocenters. The molecule has 5 N–H and O–H groups in total. The van der Waals surface area contributed by atoms with E-state index in [0.717, 1.165) is 42.6 Å². The van der Waals surface area contributed by atoms with Crippen molar-refractivity contribution in [3.05, 3.63) is 70.3 Å². The number of nitrogens with one attached hydrogen (secondary N) is 1. The maximum Gasteiger partial charge on any atom is 0.469 e. The lowest BCUT2D eigenvalue weighted by Gasteiger charge is -2.33. The molecule has 29 heavy (non-hydrogen) atoms. The van der Waals surface area contributed by atoms with E-state index in [4.69, 9.17) is 5.73 Å². The monoisotopic (exact) mass is 393 g/mol. The normalized spacial score (nSPS) is 19.7. The lowest BCUT2D eigenvalue weighted by Crippen LogP contribution is -2.47. The Balaban J connectivity index is 1.40. The van der Waals surface area contributed by atoms with Crippen LogP contribution in [0.2, 0.25) is 0 Å². The fourth-order valence-electron chi connectivity index (χ4n) is 4.46. The van der Waals surface area contributed by atoms with Crippen LogP contribution in [-0.4, -0.2) is 47.0 Å². The lowest BCUT2D eigenvalue weighted by molar-refractivity contribution is 0.0713. The Kier molecular flexibility index (Phi) is 6.01. The molecule has 1 saturated heterocycles. The van der Waals surface area contributed by atoms with E-state index in [2.05, 4.69) is 29.6 Å². The molecule has 2 aromatic rings. The van der Waals surface area contributed by atoms with Crippen LogP contribution >= 0.6 is 0 Å². The van der Waals surface area contributed by atoms with Crippen molar-refractivity contribution >= 4 is 13.0 Å². The molecule has 1 fully saturated rings. The number of piperidine rings is 1. The summed E-state index contributed by atoms with van der Waals surface area (Å²) in [7, 11) is -1.38. The predicted molar refractivity (Wildman–Crippen MR) is 113 cm³/mol. The third-order valence-corrected chi connectivity index (χ3v) is 6.25. The van der Waals surface area contributed by atoms with E-state index in [1.54, 1.807) is 0 Å². The van der Waals surface area contributed by atoms with E-state index in [1.165, 1.54) is 5.56 Å². The first-order valence-electron chi connectivity index (χ1n) is 10.3. The van der Waals surface area contributed by atoms with E-state index in [9.17, 15) is 14.8 Å². The highest BCUT2D eigenvalue weighted by Crippen LogP contribution is 2.29. The number of nitrogens with two attached hydrogens (primary N) is 1. The number of nitrogens with zero attached hydrogens (tertiary/aromatic N) is 1. The summed E-state index contributed by atoms with van der Waals surface area (Å²) in [5, 5.41) is 21.9. The van der Waals surface area contributed by atoms with Gasteiger partial charge in [0.25, 0.3) is 5.91 Å². The van der Waals surface area contributed by atoms with E-state index in [0.29, 0.717) is 31.0 Å². The minimum atomic E-state index is -1.38. The molecule has 2 heterocycles. The Morgan fingerprint density at radius 1 is 1.14 bits per heavy atom. The van der Waals surface area contributed by atoms with Crippen molar-refractivity contribution in [3.63, 3.8) is 0 Å². The van der Waals surface area contributed by atoms with Crippen LogP contribution < -0.4 is 11.1 Å². The molecule has 152 valence electrons. The van der Waals surface area contributed by atoms with Crippen molar-refractivity contribution in [2.24, 2.45) is 5.73 Å². The fraction of sp³-hybridized carbons (Fsp3) is 0.409. The number of hydrogen-bond acceptors (Lipinski definition) is 5. The Morgan fingerprint density at radius 2 is 1.93 bits per heavy atom. The number of carbonyl (C=O) groups is 1. The van der Waals surface area contributed by atoms with Gasteiger partial charge in [-0.15, -0.1) is 0 Å². The van der Waals surface area contributed by atoms with Crippen molar-refractivity contribution in [1.82, 2.24) is 10.2 Å². The van der Waals surface area contributed by atoms with Gasteiger partial charge in [-0.25, -0.2) is 0 Å². The largest absolute Gasteiger partial charge is 0.469 e. The maximum atomic E-state index is 13.0. The second kappa shape index (κ2) is 8.67. The van der Waals surface area contributed by atoms with E-state index < -0.39 is 7.12 Å². The Hall–Kier alpha value is -2.19. The van der Waals surface area contributed by atoms with Crippen LogP contribution in [0.1, 0.15) is 51.4 Å². The molecular formula is C22H28BN3O3. The second-order valence-electron chi connectivity index (χ2n) is 8.10. The lowest BCUT2D eigenvalue weighted by atomic mass is 9.73. The maximum absolute atomic E-state index is 13.0. The van der Waals surface area contributed by atoms with Crippen molar-refractivity contribution in [1.29, 1.82) is 0 Å². The van der Waals surface area contributed by atoms with Gasteiger partial charge >= 0.3 is 7.12 Å². The van der Waals surface area contributed by atoms with Crippen molar-refractivity contribution < 1.29 is 14.8 Å². The van der Waals surface area contributed by atoms with Crippen LogP contribution in [-0.2, 0) is 19.5 Å². The van der Waals surface area contributed by atoms with Gasteiger partial charge in [0, 0.05) is 37.7 Å². The van der Waals surface area contributed by atoms with Crippen molar-refractivity contribution in [2.75, 3.05) is 13.1 Å². The molecule has 2 aliphatic heterocycles. The highest BCUT2D eigenvalue weighted by Gasteiger charge is 2.29. The van der Waals surface area contributed by atoms with Gasteiger partial charge in [-0.1, -0.05) is 30.3 Å². The summed E-state index contributed by atoms with van der Waals surface area (Å²) < 4.78 is 0. The summed E-state index contributed by atoms with van der Waals surface area (Å²) >= 11 is 0. The number of rotatable bonds is 4. The molecule has 7 heteroatoms. The molecule has 6 nitrogen and oxygen atoms in total. The van der Waals surface area contributed by atoms with Gasteiger partial charge in [0.1, 0.15) is 0 Å². The molecule has 4 rings (SSSR count). The summed E-state index contributed by atoms with van der Waals surface area (Å²) in [6, 6.07) is 14.2. The van der Waals surface area contributed by atoms with Crippen molar-refractivity contribution in [2.45, 2.75) is 44.2 Å². The molecule has 0 bridgehead atoms. The summed E-state index contributed by atoms with van der Waals surface area (Å²) in [6.45, 7) is 2.60. The first kappa shape index (κ1) is 20.1. The van der Waals surface area contributed by atoms with Crippen molar-refractivity contribution in [3.8, 4) is 0 Å². The fourth-order valence-corrected chi connectivity index (χ4v) is 4.46. The quantitative estimate of drug-likeness (QED) is 0.585. The molecule has 0 radical (unpaired) electrons. The van der Waals surface area contributed by atoms with Crippen LogP contribution in [0.15, 0.2) is 42.5 Å².